The number of nitrogens with one attached hydrogen (secondary N) is 2. The van der Waals surface area contributed by atoms with Gasteiger partial charge in [-0.15, -0.1) is 13.2 Å². The lowest BCUT2D eigenvalue weighted by atomic mass is 9.80. The molecule has 35 heavy (non-hydrogen) atoms. The highest BCUT2D eigenvalue weighted by Gasteiger charge is 2.69. The Labute approximate surface area is 210 Å². The fourth-order valence-electron chi connectivity index (χ4n) is 6.25. The van der Waals surface area contributed by atoms with Gasteiger partial charge in [-0.1, -0.05) is 52.2 Å². The molecule has 2 saturated carbocycles. The number of ketones is 1. The Bertz CT molecular complexity index is 845. The Morgan fingerprint density at radius 1 is 1.06 bits per heavy atom. The van der Waals surface area contributed by atoms with Crippen LogP contribution in [0.3, 0.4) is 0 Å². The SMILES string of the molecule is C=CCCNC(=O)C(=O)C(CCC=C)NC(=O)[C@@H]1[C@@H]2[C@H](CN1C(=O)[C@@H](C)C1CCCCC1)C2(C)C. The Kier molecular flexibility index (Phi) is 8.94. The molecule has 3 amide bonds. The van der Waals surface area contributed by atoms with Gasteiger partial charge < -0.3 is 15.5 Å². The third-order valence-electron chi connectivity index (χ3n) is 8.66. The quantitative estimate of drug-likeness (QED) is 0.252. The number of hydrogen-bond acceptors (Lipinski definition) is 4. The molecule has 1 aliphatic heterocycles. The molecule has 2 aliphatic carbocycles. The van der Waals surface area contributed by atoms with Crippen LogP contribution in [0.25, 0.3) is 0 Å². The Hall–Kier alpha value is -2.44. The zero-order chi connectivity index (χ0) is 25.8. The molecule has 1 saturated heterocycles. The van der Waals surface area contributed by atoms with E-state index in [1.807, 2.05) is 6.92 Å². The summed E-state index contributed by atoms with van der Waals surface area (Å²) in [5.74, 6) is -1.04. The molecule has 0 radical (unpaired) electrons. The van der Waals surface area contributed by atoms with Gasteiger partial charge in [0.25, 0.3) is 5.91 Å². The lowest BCUT2D eigenvalue weighted by Gasteiger charge is -2.35. The number of fused-ring (bicyclic) bond motifs is 1. The molecule has 194 valence electrons. The van der Waals surface area contributed by atoms with Gasteiger partial charge in [-0.05, 0) is 55.3 Å². The summed E-state index contributed by atoms with van der Waals surface area (Å²) >= 11 is 0. The van der Waals surface area contributed by atoms with Crippen LogP contribution in [0.2, 0.25) is 0 Å². The molecule has 2 N–H and O–H groups in total. The molecule has 0 bridgehead atoms. The van der Waals surface area contributed by atoms with Crippen LogP contribution in [0.15, 0.2) is 25.3 Å². The van der Waals surface area contributed by atoms with Crippen molar-refractivity contribution < 1.29 is 19.2 Å². The standard InChI is InChI=1S/C28H43N3O4/c1-6-8-15-21(24(32)26(34)29-16-9-7-2)30-25(33)23-22-20(28(22,4)5)17-31(23)27(35)18(3)19-13-11-10-12-14-19/h6-7,18-23H,1-2,8-17H2,3-5H3,(H,29,34)(H,30,33)/t18-,20-,21?,22-,23-/m0/s1. The first-order valence-corrected chi connectivity index (χ1v) is 13.3. The number of allylic oxidation sites excluding steroid dienone is 1. The number of likely N-dealkylation sites (tertiary alicyclic amines) is 1. The molecule has 1 heterocycles. The minimum Gasteiger partial charge on any atom is -0.349 e. The summed E-state index contributed by atoms with van der Waals surface area (Å²) in [5, 5.41) is 5.44. The van der Waals surface area contributed by atoms with Crippen LogP contribution in [0.5, 0.6) is 0 Å². The van der Waals surface area contributed by atoms with Gasteiger partial charge in [0.1, 0.15) is 6.04 Å². The molecule has 5 atom stereocenters. The number of hydrogen-bond donors (Lipinski definition) is 2. The minimum atomic E-state index is -0.946. The molecule has 0 aromatic heterocycles. The Balaban J connectivity index is 1.73. The summed E-state index contributed by atoms with van der Waals surface area (Å²) in [6, 6.07) is -1.55. The molecule has 1 unspecified atom stereocenters. The third kappa shape index (κ3) is 5.87. The summed E-state index contributed by atoms with van der Waals surface area (Å²) in [4.78, 5) is 54.2. The maximum atomic E-state index is 13.6. The fourth-order valence-corrected chi connectivity index (χ4v) is 6.25. The van der Waals surface area contributed by atoms with E-state index in [4.69, 9.17) is 0 Å². The second kappa shape index (κ2) is 11.5. The number of carbonyl (C=O) groups excluding carboxylic acids is 4. The predicted octanol–water partition coefficient (Wildman–Crippen LogP) is 3.40. The second-order valence-corrected chi connectivity index (χ2v) is 11.2. The van der Waals surface area contributed by atoms with Crippen LogP contribution in [0, 0.1) is 29.1 Å². The van der Waals surface area contributed by atoms with Gasteiger partial charge in [-0.25, -0.2) is 0 Å². The highest BCUT2D eigenvalue weighted by Crippen LogP contribution is 2.65. The van der Waals surface area contributed by atoms with Gasteiger partial charge in [0.15, 0.2) is 0 Å². The monoisotopic (exact) mass is 485 g/mol. The molecule has 7 heteroatoms. The van der Waals surface area contributed by atoms with E-state index in [2.05, 4.69) is 37.6 Å². The van der Waals surface area contributed by atoms with Crippen LogP contribution in [-0.4, -0.2) is 53.6 Å². The van der Waals surface area contributed by atoms with E-state index >= 15 is 0 Å². The lowest BCUT2D eigenvalue weighted by molar-refractivity contribution is -0.146. The minimum absolute atomic E-state index is 0.0183. The Morgan fingerprint density at radius 2 is 1.71 bits per heavy atom. The summed E-state index contributed by atoms with van der Waals surface area (Å²) in [6.45, 7) is 14.5. The van der Waals surface area contributed by atoms with Gasteiger partial charge in [0, 0.05) is 19.0 Å². The van der Waals surface area contributed by atoms with Crippen LogP contribution in [0.4, 0.5) is 0 Å². The van der Waals surface area contributed by atoms with Crippen LogP contribution in [0.1, 0.15) is 72.1 Å². The van der Waals surface area contributed by atoms with Crippen molar-refractivity contribution in [3.8, 4) is 0 Å². The Morgan fingerprint density at radius 3 is 2.34 bits per heavy atom. The second-order valence-electron chi connectivity index (χ2n) is 11.2. The summed E-state index contributed by atoms with van der Waals surface area (Å²) in [7, 11) is 0. The first kappa shape index (κ1) is 27.2. The molecular weight excluding hydrogens is 442 g/mol. The highest BCUT2D eigenvalue weighted by atomic mass is 16.2. The average Bonchev–Trinajstić information content (AvgIpc) is 3.18. The molecule has 3 rings (SSSR count). The van der Waals surface area contributed by atoms with Gasteiger partial charge in [-0.3, -0.25) is 19.2 Å². The maximum Gasteiger partial charge on any atom is 0.289 e. The highest BCUT2D eigenvalue weighted by molar-refractivity contribution is 6.38. The first-order valence-electron chi connectivity index (χ1n) is 13.3. The van der Waals surface area contributed by atoms with Gasteiger partial charge in [0.05, 0.1) is 6.04 Å². The predicted molar refractivity (Wildman–Crippen MR) is 136 cm³/mol. The topological polar surface area (TPSA) is 95.6 Å². The third-order valence-corrected chi connectivity index (χ3v) is 8.66. The largest absolute Gasteiger partial charge is 0.349 e. The molecule has 0 spiro atoms. The van der Waals surface area contributed by atoms with E-state index < -0.39 is 23.8 Å². The van der Waals surface area contributed by atoms with Crippen molar-refractivity contribution in [1.29, 1.82) is 0 Å². The smallest absolute Gasteiger partial charge is 0.289 e. The van der Waals surface area contributed by atoms with Crippen molar-refractivity contribution >= 4 is 23.5 Å². The normalized spacial score (nSPS) is 26.7. The van der Waals surface area contributed by atoms with Crippen molar-refractivity contribution in [3.63, 3.8) is 0 Å². The molecule has 0 aromatic carbocycles. The van der Waals surface area contributed by atoms with Crippen LogP contribution in [-0.2, 0) is 19.2 Å². The van der Waals surface area contributed by atoms with E-state index in [1.165, 1.54) is 6.42 Å². The van der Waals surface area contributed by atoms with E-state index in [1.54, 1.807) is 17.1 Å². The van der Waals surface area contributed by atoms with E-state index in [0.717, 1.165) is 25.7 Å². The first-order chi connectivity index (χ1) is 16.6. The van der Waals surface area contributed by atoms with E-state index in [0.29, 0.717) is 38.3 Å². The number of piperidine rings is 1. The molecule has 7 nitrogen and oxygen atoms in total. The van der Waals surface area contributed by atoms with Crippen LogP contribution < -0.4 is 10.6 Å². The van der Waals surface area contributed by atoms with E-state index in [9.17, 15) is 19.2 Å². The van der Waals surface area contributed by atoms with Crippen molar-refractivity contribution in [2.45, 2.75) is 84.2 Å². The number of rotatable bonds is 12. The lowest BCUT2D eigenvalue weighted by Crippen LogP contribution is -2.56. The fraction of sp³-hybridized carbons (Fsp3) is 0.714. The summed E-state index contributed by atoms with van der Waals surface area (Å²) in [5.41, 5.74) is -0.0183. The number of carbonyl (C=O) groups is 4. The maximum absolute atomic E-state index is 13.6. The summed E-state index contributed by atoms with van der Waals surface area (Å²) in [6.07, 6.45) is 10.3. The van der Waals surface area contributed by atoms with Crippen LogP contribution >= 0.6 is 0 Å². The van der Waals surface area contributed by atoms with Gasteiger partial charge in [-0.2, -0.15) is 0 Å². The zero-order valence-corrected chi connectivity index (χ0v) is 21.7. The molecule has 3 aliphatic rings. The molecule has 3 fully saturated rings. The van der Waals surface area contributed by atoms with Crippen molar-refractivity contribution in [2.75, 3.05) is 13.1 Å². The van der Waals surface area contributed by atoms with Crippen molar-refractivity contribution in [2.24, 2.45) is 29.1 Å². The number of nitrogens with zero attached hydrogens (tertiary/aromatic N) is 1. The number of Topliss-reactive ketones (excluding diaryl/α,β-unsaturated/α-hetero) is 1. The van der Waals surface area contributed by atoms with Crippen molar-refractivity contribution in [3.05, 3.63) is 25.3 Å². The average molecular weight is 486 g/mol. The van der Waals surface area contributed by atoms with Crippen molar-refractivity contribution in [1.82, 2.24) is 15.5 Å². The van der Waals surface area contributed by atoms with E-state index in [-0.39, 0.29) is 35.0 Å². The summed E-state index contributed by atoms with van der Waals surface area (Å²) < 4.78 is 0. The zero-order valence-electron chi connectivity index (χ0n) is 21.7. The van der Waals surface area contributed by atoms with Gasteiger partial charge >= 0.3 is 0 Å². The van der Waals surface area contributed by atoms with Gasteiger partial charge in [0.2, 0.25) is 17.6 Å². The number of amides is 3. The molecular formula is C28H43N3O4. The molecule has 0 aromatic rings.